The average molecular weight is 273 g/mol. The SMILES string of the molecule is C=Cc1cc(Oc2ccc(N)cc2Cl)cnc1C=C. The Morgan fingerprint density at radius 2 is 2.00 bits per heavy atom. The summed E-state index contributed by atoms with van der Waals surface area (Å²) < 4.78 is 5.67. The van der Waals surface area contributed by atoms with Crippen LogP contribution in [0.4, 0.5) is 5.69 Å². The average Bonchev–Trinajstić information content (AvgIpc) is 2.41. The Balaban J connectivity index is 2.33. The third kappa shape index (κ3) is 2.95. The highest BCUT2D eigenvalue weighted by molar-refractivity contribution is 6.32. The van der Waals surface area contributed by atoms with Crippen LogP contribution in [0.15, 0.2) is 43.6 Å². The third-order valence-corrected chi connectivity index (χ3v) is 2.82. The van der Waals surface area contributed by atoms with E-state index in [0.717, 1.165) is 11.3 Å². The normalized spacial score (nSPS) is 9.95. The van der Waals surface area contributed by atoms with Crippen molar-refractivity contribution in [3.63, 3.8) is 0 Å². The molecule has 0 bridgehead atoms. The second kappa shape index (κ2) is 5.59. The molecule has 2 rings (SSSR count). The second-order valence-electron chi connectivity index (χ2n) is 3.85. The zero-order chi connectivity index (χ0) is 13.8. The number of aromatic nitrogens is 1. The van der Waals surface area contributed by atoms with Crippen molar-refractivity contribution in [3.05, 3.63) is 59.9 Å². The molecular formula is C15H13ClN2O. The number of pyridine rings is 1. The maximum absolute atomic E-state index is 6.05. The van der Waals surface area contributed by atoms with Crippen molar-refractivity contribution in [2.75, 3.05) is 5.73 Å². The first-order valence-corrected chi connectivity index (χ1v) is 5.99. The Morgan fingerprint density at radius 3 is 2.63 bits per heavy atom. The molecule has 0 atom stereocenters. The summed E-state index contributed by atoms with van der Waals surface area (Å²) in [6.45, 7) is 7.42. The van der Waals surface area contributed by atoms with Gasteiger partial charge in [0.05, 0.1) is 16.9 Å². The highest BCUT2D eigenvalue weighted by Gasteiger charge is 2.06. The zero-order valence-corrected chi connectivity index (χ0v) is 11.0. The fraction of sp³-hybridized carbons (Fsp3) is 0. The van der Waals surface area contributed by atoms with Crippen LogP contribution in [-0.2, 0) is 0 Å². The topological polar surface area (TPSA) is 48.1 Å². The maximum Gasteiger partial charge on any atom is 0.146 e. The predicted octanol–water partition coefficient (Wildman–Crippen LogP) is 4.40. The number of nitrogen functional groups attached to an aromatic ring is 1. The monoisotopic (exact) mass is 272 g/mol. The Hall–Kier alpha value is -2.26. The van der Waals surface area contributed by atoms with Gasteiger partial charge in [0.1, 0.15) is 11.5 Å². The zero-order valence-electron chi connectivity index (χ0n) is 10.3. The Morgan fingerprint density at radius 1 is 1.21 bits per heavy atom. The molecule has 0 aliphatic carbocycles. The number of nitrogens with two attached hydrogens (primary N) is 1. The van der Waals surface area contributed by atoms with Crippen LogP contribution in [0.2, 0.25) is 5.02 Å². The van der Waals surface area contributed by atoms with E-state index in [9.17, 15) is 0 Å². The third-order valence-electron chi connectivity index (χ3n) is 2.52. The molecule has 2 N–H and O–H groups in total. The molecule has 0 unspecified atom stereocenters. The van der Waals surface area contributed by atoms with Crippen molar-refractivity contribution in [1.29, 1.82) is 0 Å². The van der Waals surface area contributed by atoms with Gasteiger partial charge >= 0.3 is 0 Å². The van der Waals surface area contributed by atoms with Crippen LogP contribution in [0, 0.1) is 0 Å². The number of hydrogen-bond acceptors (Lipinski definition) is 3. The van der Waals surface area contributed by atoms with Crippen molar-refractivity contribution in [2.45, 2.75) is 0 Å². The van der Waals surface area contributed by atoms with Crippen LogP contribution in [0.25, 0.3) is 12.2 Å². The van der Waals surface area contributed by atoms with E-state index in [2.05, 4.69) is 18.1 Å². The molecule has 0 saturated carbocycles. The largest absolute Gasteiger partial charge is 0.454 e. The fourth-order valence-electron chi connectivity index (χ4n) is 1.59. The molecule has 0 aliphatic rings. The number of ether oxygens (including phenoxy) is 1. The summed E-state index contributed by atoms with van der Waals surface area (Å²) in [6, 6.07) is 6.90. The molecule has 4 heteroatoms. The molecule has 96 valence electrons. The summed E-state index contributed by atoms with van der Waals surface area (Å²) >= 11 is 6.05. The molecule has 0 radical (unpaired) electrons. The highest BCUT2D eigenvalue weighted by atomic mass is 35.5. The van der Waals surface area contributed by atoms with Crippen LogP contribution in [0.5, 0.6) is 11.5 Å². The van der Waals surface area contributed by atoms with Crippen LogP contribution in [0.1, 0.15) is 11.3 Å². The minimum atomic E-state index is 0.452. The van der Waals surface area contributed by atoms with Gasteiger partial charge in [0, 0.05) is 11.3 Å². The summed E-state index contributed by atoms with van der Waals surface area (Å²) in [5, 5.41) is 0.452. The van der Waals surface area contributed by atoms with Gasteiger partial charge in [0.25, 0.3) is 0 Å². The maximum atomic E-state index is 6.05. The molecule has 19 heavy (non-hydrogen) atoms. The van der Waals surface area contributed by atoms with Gasteiger partial charge in [-0.2, -0.15) is 0 Å². The quantitative estimate of drug-likeness (QED) is 0.840. The van der Waals surface area contributed by atoms with Gasteiger partial charge in [-0.05, 0) is 30.3 Å². The van der Waals surface area contributed by atoms with E-state index in [1.165, 1.54) is 0 Å². The first-order valence-electron chi connectivity index (χ1n) is 5.62. The molecule has 0 aliphatic heterocycles. The number of rotatable bonds is 4. The summed E-state index contributed by atoms with van der Waals surface area (Å²) in [6.07, 6.45) is 4.97. The minimum absolute atomic E-state index is 0.452. The van der Waals surface area contributed by atoms with Crippen molar-refractivity contribution >= 4 is 29.4 Å². The summed E-state index contributed by atoms with van der Waals surface area (Å²) in [4.78, 5) is 4.23. The smallest absolute Gasteiger partial charge is 0.146 e. The van der Waals surface area contributed by atoms with E-state index in [1.54, 1.807) is 36.5 Å². The number of benzene rings is 1. The van der Waals surface area contributed by atoms with Crippen molar-refractivity contribution in [2.24, 2.45) is 0 Å². The summed E-state index contributed by atoms with van der Waals surface area (Å²) in [7, 11) is 0. The lowest BCUT2D eigenvalue weighted by molar-refractivity contribution is 0.480. The molecule has 0 amide bonds. The number of halogens is 1. The van der Waals surface area contributed by atoms with E-state index < -0.39 is 0 Å². The van der Waals surface area contributed by atoms with Gasteiger partial charge in [-0.25, -0.2) is 0 Å². The minimum Gasteiger partial charge on any atom is -0.454 e. The lowest BCUT2D eigenvalue weighted by atomic mass is 10.2. The molecule has 0 fully saturated rings. The van der Waals surface area contributed by atoms with E-state index in [-0.39, 0.29) is 0 Å². The standard InChI is InChI=1S/C15H13ClN2O/c1-3-10-7-12(9-18-14(10)4-2)19-15-6-5-11(17)8-13(15)16/h3-9H,1-2,17H2. The van der Waals surface area contributed by atoms with E-state index >= 15 is 0 Å². The summed E-state index contributed by atoms with van der Waals surface area (Å²) in [5.74, 6) is 1.10. The fourth-order valence-corrected chi connectivity index (χ4v) is 1.82. The number of hydrogen-bond donors (Lipinski definition) is 1. The van der Waals surface area contributed by atoms with Gasteiger partial charge in [-0.3, -0.25) is 4.98 Å². The Bertz CT molecular complexity index is 638. The van der Waals surface area contributed by atoms with Gasteiger partial charge in [0.15, 0.2) is 0 Å². The second-order valence-corrected chi connectivity index (χ2v) is 4.25. The molecule has 2 aromatic rings. The lowest BCUT2D eigenvalue weighted by Crippen LogP contribution is -1.92. The van der Waals surface area contributed by atoms with Gasteiger partial charge < -0.3 is 10.5 Å². The van der Waals surface area contributed by atoms with Gasteiger partial charge in [-0.1, -0.05) is 30.8 Å². The van der Waals surface area contributed by atoms with Crippen LogP contribution < -0.4 is 10.5 Å². The van der Waals surface area contributed by atoms with Gasteiger partial charge in [-0.15, -0.1) is 0 Å². The summed E-state index contributed by atoms with van der Waals surface area (Å²) in [5.41, 5.74) is 7.82. The predicted molar refractivity (Wildman–Crippen MR) is 80.4 cm³/mol. The first kappa shape index (κ1) is 13.2. The number of nitrogens with zero attached hydrogens (tertiary/aromatic N) is 1. The highest BCUT2D eigenvalue weighted by Crippen LogP contribution is 2.31. The van der Waals surface area contributed by atoms with Crippen molar-refractivity contribution < 1.29 is 4.74 Å². The van der Waals surface area contributed by atoms with E-state index in [0.29, 0.717) is 22.2 Å². The Kier molecular flexibility index (Phi) is 3.88. The molecule has 0 spiro atoms. The van der Waals surface area contributed by atoms with E-state index in [4.69, 9.17) is 22.1 Å². The molecule has 0 saturated heterocycles. The molecule has 1 aromatic heterocycles. The van der Waals surface area contributed by atoms with Crippen LogP contribution in [0.3, 0.4) is 0 Å². The molecule has 3 nitrogen and oxygen atoms in total. The molecule has 1 aromatic carbocycles. The van der Waals surface area contributed by atoms with Crippen LogP contribution in [-0.4, -0.2) is 4.98 Å². The molecular weight excluding hydrogens is 260 g/mol. The van der Waals surface area contributed by atoms with Crippen molar-refractivity contribution in [1.82, 2.24) is 4.98 Å². The van der Waals surface area contributed by atoms with Crippen LogP contribution >= 0.6 is 11.6 Å². The molecule has 1 heterocycles. The van der Waals surface area contributed by atoms with Crippen molar-refractivity contribution in [3.8, 4) is 11.5 Å². The van der Waals surface area contributed by atoms with Gasteiger partial charge in [0.2, 0.25) is 0 Å². The Labute approximate surface area is 117 Å². The van der Waals surface area contributed by atoms with E-state index in [1.807, 2.05) is 6.07 Å². The lowest BCUT2D eigenvalue weighted by Gasteiger charge is -2.09. The number of anilines is 1. The first-order chi connectivity index (χ1) is 9.13.